The Morgan fingerprint density at radius 2 is 1.91 bits per heavy atom. The molecule has 7 heteroatoms. The van der Waals surface area contributed by atoms with E-state index in [4.69, 9.17) is 19.3 Å². The zero-order valence-corrected chi connectivity index (χ0v) is 13.6. The summed E-state index contributed by atoms with van der Waals surface area (Å²) in [5, 5.41) is 11.9. The highest BCUT2D eigenvalue weighted by molar-refractivity contribution is 6.13. The van der Waals surface area contributed by atoms with Crippen LogP contribution in [-0.2, 0) is 14.3 Å². The van der Waals surface area contributed by atoms with E-state index in [1.54, 1.807) is 25.1 Å². The average Bonchev–Trinajstić information content (AvgIpc) is 2.54. The topological polar surface area (TPSA) is 94.1 Å². The molecule has 1 atom stereocenters. The molecule has 0 aliphatic carbocycles. The maximum Gasteiger partial charge on any atom is 0.347 e. The summed E-state index contributed by atoms with van der Waals surface area (Å²) in [4.78, 5) is 23.0. The van der Waals surface area contributed by atoms with Gasteiger partial charge in [-0.05, 0) is 25.5 Å². The zero-order valence-electron chi connectivity index (χ0n) is 13.6. The van der Waals surface area contributed by atoms with E-state index in [-0.39, 0.29) is 6.10 Å². The number of carbonyl (C=O) groups excluding carboxylic acids is 1. The van der Waals surface area contributed by atoms with Crippen molar-refractivity contribution in [2.45, 2.75) is 26.4 Å². The third-order valence-electron chi connectivity index (χ3n) is 3.10. The Bertz CT molecular complexity index is 596. The van der Waals surface area contributed by atoms with E-state index >= 15 is 0 Å². The molecule has 2 N–H and O–H groups in total. The summed E-state index contributed by atoms with van der Waals surface area (Å²) in [5.74, 6) is -1.24. The van der Waals surface area contributed by atoms with Crippen LogP contribution in [0.5, 0.6) is 11.5 Å². The third kappa shape index (κ3) is 5.21. The van der Waals surface area contributed by atoms with Crippen molar-refractivity contribution in [2.24, 2.45) is 0 Å². The SMILES string of the molecule is CCC(C)OC(=O)C(=CNc1ccc(OC)c(OC)c1)C(=O)O. The molecule has 0 aromatic heterocycles. The number of esters is 1. The number of anilines is 1. The first-order valence-electron chi connectivity index (χ1n) is 7.05. The first kappa shape index (κ1) is 18.3. The summed E-state index contributed by atoms with van der Waals surface area (Å²) in [7, 11) is 3.00. The minimum atomic E-state index is -1.37. The van der Waals surface area contributed by atoms with E-state index < -0.39 is 17.5 Å². The highest BCUT2D eigenvalue weighted by Crippen LogP contribution is 2.29. The molecule has 1 aromatic carbocycles. The summed E-state index contributed by atoms with van der Waals surface area (Å²) >= 11 is 0. The molecule has 0 heterocycles. The first-order valence-corrected chi connectivity index (χ1v) is 7.05. The van der Waals surface area contributed by atoms with Gasteiger partial charge in [0.25, 0.3) is 0 Å². The summed E-state index contributed by atoms with van der Waals surface area (Å²) < 4.78 is 15.3. The number of nitrogens with one attached hydrogen (secondary N) is 1. The van der Waals surface area contributed by atoms with E-state index in [9.17, 15) is 9.59 Å². The van der Waals surface area contributed by atoms with Crippen molar-refractivity contribution in [3.8, 4) is 11.5 Å². The van der Waals surface area contributed by atoms with Gasteiger partial charge in [-0.3, -0.25) is 0 Å². The average molecular weight is 323 g/mol. The fourth-order valence-corrected chi connectivity index (χ4v) is 1.62. The highest BCUT2D eigenvalue weighted by Gasteiger charge is 2.20. The second kappa shape index (κ2) is 8.67. The molecule has 1 aromatic rings. The quantitative estimate of drug-likeness (QED) is 0.328. The van der Waals surface area contributed by atoms with Gasteiger partial charge < -0.3 is 24.6 Å². The smallest absolute Gasteiger partial charge is 0.347 e. The minimum Gasteiger partial charge on any atom is -0.493 e. The Balaban J connectivity index is 2.94. The van der Waals surface area contributed by atoms with E-state index in [0.29, 0.717) is 23.6 Å². The number of carbonyl (C=O) groups is 2. The van der Waals surface area contributed by atoms with Crippen molar-refractivity contribution in [3.63, 3.8) is 0 Å². The number of hydrogen-bond donors (Lipinski definition) is 2. The summed E-state index contributed by atoms with van der Waals surface area (Å²) in [6.07, 6.45) is 1.34. The third-order valence-corrected chi connectivity index (χ3v) is 3.10. The van der Waals surface area contributed by atoms with Gasteiger partial charge in [-0.1, -0.05) is 6.92 Å². The second-order valence-corrected chi connectivity index (χ2v) is 4.70. The molecule has 23 heavy (non-hydrogen) atoms. The zero-order chi connectivity index (χ0) is 17.4. The molecule has 0 aliphatic rings. The maximum atomic E-state index is 11.8. The number of benzene rings is 1. The number of hydrogen-bond acceptors (Lipinski definition) is 6. The molecule has 0 saturated carbocycles. The molecule has 0 bridgehead atoms. The van der Waals surface area contributed by atoms with Gasteiger partial charge in [-0.2, -0.15) is 0 Å². The Morgan fingerprint density at radius 3 is 2.43 bits per heavy atom. The van der Waals surface area contributed by atoms with Crippen LogP contribution in [0.4, 0.5) is 5.69 Å². The van der Waals surface area contributed by atoms with Gasteiger partial charge in [0.2, 0.25) is 0 Å². The fourth-order valence-electron chi connectivity index (χ4n) is 1.62. The molecule has 0 aliphatic heterocycles. The van der Waals surface area contributed by atoms with Crippen LogP contribution in [0.25, 0.3) is 0 Å². The van der Waals surface area contributed by atoms with Crippen LogP contribution in [0, 0.1) is 0 Å². The molecule has 1 rings (SSSR count). The van der Waals surface area contributed by atoms with Gasteiger partial charge in [0.15, 0.2) is 17.1 Å². The number of aliphatic carboxylic acids is 1. The number of carboxylic acid groups (broad SMARTS) is 1. The van der Waals surface area contributed by atoms with Crippen molar-refractivity contribution in [1.82, 2.24) is 0 Å². The maximum absolute atomic E-state index is 11.8. The van der Waals surface area contributed by atoms with Gasteiger partial charge in [0, 0.05) is 18.0 Å². The summed E-state index contributed by atoms with van der Waals surface area (Å²) in [6, 6.07) is 4.94. The van der Waals surface area contributed by atoms with Crippen molar-refractivity contribution in [1.29, 1.82) is 0 Å². The Labute approximate surface area is 134 Å². The van der Waals surface area contributed by atoms with Gasteiger partial charge in [0.05, 0.1) is 20.3 Å². The van der Waals surface area contributed by atoms with Gasteiger partial charge in [0.1, 0.15) is 0 Å². The lowest BCUT2D eigenvalue weighted by Gasteiger charge is -2.12. The number of methoxy groups -OCH3 is 2. The lowest BCUT2D eigenvalue weighted by Crippen LogP contribution is -2.21. The minimum absolute atomic E-state index is 0.355. The largest absolute Gasteiger partial charge is 0.493 e. The number of ether oxygens (including phenoxy) is 3. The standard InChI is InChI=1S/C16H21NO6/c1-5-10(2)23-16(20)12(15(18)19)9-17-11-6-7-13(21-3)14(8-11)22-4/h6-10,17H,5H2,1-4H3,(H,18,19). The van der Waals surface area contributed by atoms with Crippen LogP contribution in [0.15, 0.2) is 30.0 Å². The fraction of sp³-hybridized carbons (Fsp3) is 0.375. The molecule has 7 nitrogen and oxygen atoms in total. The summed E-state index contributed by atoms with van der Waals surface area (Å²) in [5.41, 5.74) is 0.0535. The van der Waals surface area contributed by atoms with Crippen molar-refractivity contribution >= 4 is 17.6 Å². The Kier molecular flexibility index (Phi) is 6.92. The normalized spacial score (nSPS) is 12.3. The summed E-state index contributed by atoms with van der Waals surface area (Å²) in [6.45, 7) is 3.53. The first-order chi connectivity index (χ1) is 10.9. The van der Waals surface area contributed by atoms with Crippen LogP contribution in [0.3, 0.4) is 0 Å². The lowest BCUT2D eigenvalue weighted by atomic mass is 10.2. The molecule has 126 valence electrons. The van der Waals surface area contributed by atoms with Crippen molar-refractivity contribution in [2.75, 3.05) is 19.5 Å². The Hall–Kier alpha value is -2.70. The van der Waals surface area contributed by atoms with Crippen molar-refractivity contribution in [3.05, 3.63) is 30.0 Å². The lowest BCUT2D eigenvalue weighted by molar-refractivity contribution is -0.147. The molecule has 0 radical (unpaired) electrons. The van der Waals surface area contributed by atoms with Gasteiger partial charge >= 0.3 is 11.9 Å². The molecule has 0 fully saturated rings. The van der Waals surface area contributed by atoms with Gasteiger partial charge in [-0.15, -0.1) is 0 Å². The molecular formula is C16H21NO6. The van der Waals surface area contributed by atoms with E-state index in [0.717, 1.165) is 6.20 Å². The van der Waals surface area contributed by atoms with E-state index in [2.05, 4.69) is 5.32 Å². The second-order valence-electron chi connectivity index (χ2n) is 4.70. The molecule has 0 spiro atoms. The predicted octanol–water partition coefficient (Wildman–Crippen LogP) is 2.43. The molecule has 1 unspecified atom stereocenters. The van der Waals surface area contributed by atoms with Crippen LogP contribution < -0.4 is 14.8 Å². The van der Waals surface area contributed by atoms with Crippen LogP contribution in [0.2, 0.25) is 0 Å². The number of carboxylic acids is 1. The van der Waals surface area contributed by atoms with Crippen LogP contribution >= 0.6 is 0 Å². The molecule has 0 saturated heterocycles. The van der Waals surface area contributed by atoms with E-state index in [1.165, 1.54) is 14.2 Å². The molecular weight excluding hydrogens is 302 g/mol. The number of rotatable bonds is 8. The Morgan fingerprint density at radius 1 is 1.26 bits per heavy atom. The van der Waals surface area contributed by atoms with Gasteiger partial charge in [-0.25, -0.2) is 9.59 Å². The van der Waals surface area contributed by atoms with Crippen LogP contribution in [-0.4, -0.2) is 37.4 Å². The monoisotopic (exact) mass is 323 g/mol. The molecule has 0 amide bonds. The highest BCUT2D eigenvalue weighted by atomic mass is 16.5. The predicted molar refractivity (Wildman–Crippen MR) is 84.7 cm³/mol. The van der Waals surface area contributed by atoms with E-state index in [1.807, 2.05) is 6.92 Å². The van der Waals surface area contributed by atoms with Crippen LogP contribution in [0.1, 0.15) is 20.3 Å². The van der Waals surface area contributed by atoms with Crippen molar-refractivity contribution < 1.29 is 28.9 Å².